The van der Waals surface area contributed by atoms with Gasteiger partial charge in [-0.2, -0.15) is 0 Å². The van der Waals surface area contributed by atoms with Crippen molar-refractivity contribution in [1.82, 2.24) is 9.97 Å². The Morgan fingerprint density at radius 1 is 0.457 bits per heavy atom. The second-order valence-electron chi connectivity index (χ2n) is 11.1. The average molecular weight is 611 g/mol. The molecule has 0 amide bonds. The Labute approximate surface area is 272 Å². The van der Waals surface area contributed by atoms with Crippen molar-refractivity contribution >= 4 is 33.4 Å². The van der Waals surface area contributed by atoms with E-state index in [2.05, 4.69) is 78.9 Å². The van der Waals surface area contributed by atoms with Gasteiger partial charge in [0.05, 0.1) is 16.7 Å². The van der Waals surface area contributed by atoms with E-state index in [4.69, 9.17) is 26.3 Å². The Morgan fingerprint density at radius 2 is 1.07 bits per heavy atom. The van der Waals surface area contributed by atoms with Crippen molar-refractivity contribution in [3.63, 3.8) is 0 Å². The van der Waals surface area contributed by atoms with E-state index in [1.807, 2.05) is 84.9 Å². The summed E-state index contributed by atoms with van der Waals surface area (Å²) in [6, 6.07) is 55.3. The normalized spacial score (nSPS) is 11.2. The Morgan fingerprint density at radius 3 is 1.78 bits per heavy atom. The van der Waals surface area contributed by atoms with Crippen molar-refractivity contribution < 1.29 is 4.74 Å². The molecule has 0 saturated carbocycles. The van der Waals surface area contributed by atoms with E-state index in [1.165, 1.54) is 0 Å². The number of rotatable bonds is 6. The van der Waals surface area contributed by atoms with Gasteiger partial charge in [-0.05, 0) is 71.3 Å². The van der Waals surface area contributed by atoms with Crippen molar-refractivity contribution in [2.24, 2.45) is 0 Å². The second kappa shape index (κ2) is 12.0. The zero-order valence-corrected chi connectivity index (χ0v) is 25.5. The first-order valence-corrected chi connectivity index (χ1v) is 15.6. The van der Waals surface area contributed by atoms with E-state index in [0.29, 0.717) is 10.8 Å². The molecule has 6 aromatic carbocycles. The summed E-state index contributed by atoms with van der Waals surface area (Å²) in [6.07, 6.45) is 0. The lowest BCUT2D eigenvalue weighted by Crippen LogP contribution is -1.97. The number of fused-ring (bicyclic) bond motifs is 2. The molecule has 2 aromatic heterocycles. The summed E-state index contributed by atoms with van der Waals surface area (Å²) >= 11 is 6.41. The van der Waals surface area contributed by atoms with Crippen molar-refractivity contribution in [3.8, 4) is 56.3 Å². The lowest BCUT2D eigenvalue weighted by molar-refractivity contribution is 0.485. The average Bonchev–Trinajstić information content (AvgIpc) is 3.12. The van der Waals surface area contributed by atoms with Crippen LogP contribution in [0.25, 0.3) is 66.6 Å². The molecule has 0 spiro atoms. The third-order valence-electron chi connectivity index (χ3n) is 8.18. The standard InChI is InChI=1S/C42H27ClN2O/c43-32-22-25-38-36(26-32)35(28-12-4-1-5-13-28)27-39(44-38)29-20-23-33(24-21-29)46-42-40(30-14-6-2-7-15-30)34-18-10-11-19-37(34)45-41(42)31-16-8-3-9-17-31/h1-27H. The quantitative estimate of drug-likeness (QED) is 0.188. The van der Waals surface area contributed by atoms with Gasteiger partial charge in [0.25, 0.3) is 0 Å². The van der Waals surface area contributed by atoms with Gasteiger partial charge in [-0.3, -0.25) is 0 Å². The van der Waals surface area contributed by atoms with Gasteiger partial charge in [-0.25, -0.2) is 9.97 Å². The first kappa shape index (κ1) is 27.8. The van der Waals surface area contributed by atoms with Crippen LogP contribution in [0.4, 0.5) is 0 Å². The van der Waals surface area contributed by atoms with Crippen LogP contribution >= 0.6 is 11.6 Å². The van der Waals surface area contributed by atoms with Crippen molar-refractivity contribution in [2.45, 2.75) is 0 Å². The summed E-state index contributed by atoms with van der Waals surface area (Å²) in [5.74, 6) is 1.43. The van der Waals surface area contributed by atoms with Gasteiger partial charge in [0, 0.05) is 32.5 Å². The Balaban J connectivity index is 1.25. The van der Waals surface area contributed by atoms with Crippen LogP contribution in [0.15, 0.2) is 164 Å². The molecule has 8 rings (SSSR count). The molecule has 46 heavy (non-hydrogen) atoms. The van der Waals surface area contributed by atoms with Crippen LogP contribution in [0.2, 0.25) is 5.02 Å². The highest BCUT2D eigenvalue weighted by Crippen LogP contribution is 2.45. The molecule has 0 bridgehead atoms. The topological polar surface area (TPSA) is 35.0 Å². The van der Waals surface area contributed by atoms with E-state index in [1.54, 1.807) is 0 Å². The van der Waals surface area contributed by atoms with Gasteiger partial charge in [0.1, 0.15) is 11.4 Å². The number of ether oxygens (including phenoxy) is 1. The van der Waals surface area contributed by atoms with Gasteiger partial charge in [0.15, 0.2) is 5.75 Å². The molecule has 0 aliphatic rings. The number of aromatic nitrogens is 2. The zero-order valence-electron chi connectivity index (χ0n) is 24.8. The maximum Gasteiger partial charge on any atom is 0.162 e. The monoisotopic (exact) mass is 610 g/mol. The predicted octanol–water partition coefficient (Wildman–Crippen LogP) is 11.9. The molecule has 3 nitrogen and oxygen atoms in total. The molecule has 0 N–H and O–H groups in total. The number of hydrogen-bond donors (Lipinski definition) is 0. The molecule has 0 radical (unpaired) electrons. The molecule has 0 aliphatic heterocycles. The highest BCUT2D eigenvalue weighted by atomic mass is 35.5. The summed E-state index contributed by atoms with van der Waals surface area (Å²) in [4.78, 5) is 10.1. The number of pyridine rings is 2. The van der Waals surface area contributed by atoms with E-state index in [0.717, 1.165) is 72.3 Å². The van der Waals surface area contributed by atoms with Crippen molar-refractivity contribution in [3.05, 3.63) is 169 Å². The maximum atomic E-state index is 6.83. The van der Waals surface area contributed by atoms with E-state index < -0.39 is 0 Å². The molecule has 4 heteroatoms. The largest absolute Gasteiger partial charge is 0.454 e. The Bertz CT molecular complexity index is 2320. The lowest BCUT2D eigenvalue weighted by Gasteiger charge is -2.18. The number of hydrogen-bond acceptors (Lipinski definition) is 3. The predicted molar refractivity (Wildman–Crippen MR) is 190 cm³/mol. The molecule has 0 aliphatic carbocycles. The number of benzene rings is 6. The molecule has 0 saturated heterocycles. The number of para-hydroxylation sites is 1. The van der Waals surface area contributed by atoms with Crippen molar-refractivity contribution in [2.75, 3.05) is 0 Å². The first-order chi connectivity index (χ1) is 22.7. The molecule has 218 valence electrons. The summed E-state index contributed by atoms with van der Waals surface area (Å²) in [6.45, 7) is 0. The minimum Gasteiger partial charge on any atom is -0.454 e. The van der Waals surface area contributed by atoms with Crippen LogP contribution in [0, 0.1) is 0 Å². The minimum atomic E-state index is 0.689. The highest BCUT2D eigenvalue weighted by Gasteiger charge is 2.20. The highest BCUT2D eigenvalue weighted by molar-refractivity contribution is 6.31. The zero-order chi connectivity index (χ0) is 30.9. The van der Waals surface area contributed by atoms with Crippen LogP contribution in [0.3, 0.4) is 0 Å². The molecule has 2 heterocycles. The summed E-state index contributed by atoms with van der Waals surface area (Å²) in [5, 5.41) is 2.75. The van der Waals surface area contributed by atoms with Gasteiger partial charge in [0.2, 0.25) is 0 Å². The summed E-state index contributed by atoms with van der Waals surface area (Å²) < 4.78 is 6.83. The molecular weight excluding hydrogens is 584 g/mol. The smallest absolute Gasteiger partial charge is 0.162 e. The molecule has 0 fully saturated rings. The maximum absolute atomic E-state index is 6.83. The SMILES string of the molecule is Clc1ccc2nc(-c3ccc(Oc4c(-c5ccccc5)nc5ccccc5c4-c4ccccc4)cc3)cc(-c3ccccc3)c2c1. The van der Waals surface area contributed by atoms with Gasteiger partial charge >= 0.3 is 0 Å². The fourth-order valence-corrected chi connectivity index (χ4v) is 6.16. The van der Waals surface area contributed by atoms with Crippen LogP contribution in [-0.2, 0) is 0 Å². The number of nitrogens with zero attached hydrogens (tertiary/aromatic N) is 2. The minimum absolute atomic E-state index is 0.689. The van der Waals surface area contributed by atoms with E-state index in [9.17, 15) is 0 Å². The second-order valence-corrected chi connectivity index (χ2v) is 11.6. The van der Waals surface area contributed by atoms with Crippen molar-refractivity contribution in [1.29, 1.82) is 0 Å². The first-order valence-electron chi connectivity index (χ1n) is 15.2. The van der Waals surface area contributed by atoms with Crippen LogP contribution in [0.5, 0.6) is 11.5 Å². The molecule has 0 atom stereocenters. The molecule has 8 aromatic rings. The van der Waals surface area contributed by atoms with Gasteiger partial charge < -0.3 is 4.74 Å². The fourth-order valence-electron chi connectivity index (χ4n) is 5.99. The molecular formula is C42H27ClN2O. The molecule has 0 unspecified atom stereocenters. The van der Waals surface area contributed by atoms with Gasteiger partial charge in [-0.1, -0.05) is 121 Å². The fraction of sp³-hybridized carbons (Fsp3) is 0. The van der Waals surface area contributed by atoms with E-state index >= 15 is 0 Å². The van der Waals surface area contributed by atoms with Gasteiger partial charge in [-0.15, -0.1) is 0 Å². The summed E-state index contributed by atoms with van der Waals surface area (Å²) in [7, 11) is 0. The van der Waals surface area contributed by atoms with E-state index in [-0.39, 0.29) is 0 Å². The van der Waals surface area contributed by atoms with Crippen LogP contribution in [0.1, 0.15) is 0 Å². The Kier molecular flexibility index (Phi) is 7.22. The van der Waals surface area contributed by atoms with Crippen LogP contribution < -0.4 is 4.74 Å². The third-order valence-corrected chi connectivity index (χ3v) is 8.42. The summed E-state index contributed by atoms with van der Waals surface area (Å²) in [5.41, 5.74) is 9.75. The lowest BCUT2D eigenvalue weighted by atomic mass is 9.96. The Hall–Kier alpha value is -5.77. The number of halogens is 1. The third kappa shape index (κ3) is 5.27. The van der Waals surface area contributed by atoms with Crippen LogP contribution in [-0.4, -0.2) is 9.97 Å².